The third-order valence-corrected chi connectivity index (χ3v) is 7.59. The first-order valence-corrected chi connectivity index (χ1v) is 11.9. The summed E-state index contributed by atoms with van der Waals surface area (Å²) in [6.45, 7) is 4.14. The highest BCUT2D eigenvalue weighted by atomic mass is 79.9. The maximum atomic E-state index is 13.2. The van der Waals surface area contributed by atoms with Crippen LogP contribution in [0.15, 0.2) is 53.0 Å². The molecule has 2 aliphatic heterocycles. The van der Waals surface area contributed by atoms with E-state index in [1.165, 1.54) is 11.1 Å². The fourth-order valence-electron chi connectivity index (χ4n) is 4.21. The number of benzene rings is 2. The molecule has 0 N–H and O–H groups in total. The number of carbonyl (C=O) groups excluding carboxylic acids is 2. The number of halogens is 1. The summed E-state index contributed by atoms with van der Waals surface area (Å²) < 4.78 is 0.935. The lowest BCUT2D eigenvalue weighted by Gasteiger charge is -2.24. The molecule has 4 rings (SSSR count). The molecule has 0 bridgehead atoms. The second-order valence-corrected chi connectivity index (χ2v) is 9.94. The number of rotatable bonds is 3. The number of thioether (sulfide) groups is 1. The van der Waals surface area contributed by atoms with Gasteiger partial charge in [-0.1, -0.05) is 46.3 Å². The smallest absolute Gasteiger partial charge is 0.228 e. The van der Waals surface area contributed by atoms with E-state index in [2.05, 4.69) is 47.1 Å². The molecule has 2 atom stereocenters. The lowest BCUT2D eigenvalue weighted by Crippen LogP contribution is -2.38. The molecule has 2 saturated heterocycles. The highest BCUT2D eigenvalue weighted by Gasteiger charge is 2.37. The van der Waals surface area contributed by atoms with Crippen LogP contribution in [0.3, 0.4) is 0 Å². The van der Waals surface area contributed by atoms with E-state index in [-0.39, 0.29) is 17.7 Å². The third kappa shape index (κ3) is 4.53. The van der Waals surface area contributed by atoms with Gasteiger partial charge in [-0.15, -0.1) is 0 Å². The Morgan fingerprint density at radius 2 is 1.97 bits per heavy atom. The van der Waals surface area contributed by atoms with Gasteiger partial charge in [-0.25, -0.2) is 0 Å². The zero-order chi connectivity index (χ0) is 20.4. The van der Waals surface area contributed by atoms with Gasteiger partial charge in [-0.3, -0.25) is 9.59 Å². The van der Waals surface area contributed by atoms with Crippen LogP contribution in [0.4, 0.5) is 5.69 Å². The van der Waals surface area contributed by atoms with Crippen molar-refractivity contribution in [1.29, 1.82) is 0 Å². The van der Waals surface area contributed by atoms with Crippen LogP contribution in [0.1, 0.15) is 29.2 Å². The third-order valence-electron chi connectivity index (χ3n) is 5.78. The number of nitrogens with zero attached hydrogens (tertiary/aromatic N) is 2. The van der Waals surface area contributed by atoms with Crippen molar-refractivity contribution < 1.29 is 9.59 Å². The Bertz CT molecular complexity index is 919. The predicted molar refractivity (Wildman–Crippen MR) is 122 cm³/mol. The van der Waals surface area contributed by atoms with Gasteiger partial charge in [0.25, 0.3) is 0 Å². The molecule has 2 unspecified atom stereocenters. The summed E-state index contributed by atoms with van der Waals surface area (Å²) >= 11 is 5.40. The molecule has 152 valence electrons. The minimum Gasteiger partial charge on any atom is -0.342 e. The number of anilines is 1. The van der Waals surface area contributed by atoms with Crippen molar-refractivity contribution in [2.24, 2.45) is 5.92 Å². The number of hydrogen-bond acceptors (Lipinski definition) is 3. The summed E-state index contributed by atoms with van der Waals surface area (Å²) in [5.41, 5.74) is 3.55. The van der Waals surface area contributed by atoms with E-state index in [0.29, 0.717) is 18.2 Å². The topological polar surface area (TPSA) is 40.6 Å². The summed E-state index contributed by atoms with van der Waals surface area (Å²) in [5.74, 6) is 0.840. The Balaban J connectivity index is 1.41. The number of carbonyl (C=O) groups is 2. The predicted octanol–water partition coefficient (Wildman–Crippen LogP) is 4.82. The number of amides is 2. The standard InChI is InChI=1S/C23H25BrN2O2S/c1-16-5-2-3-8-20(16)21-9-10-25(11-12-29-21)23(28)17-13-22(27)26(15-17)19-7-4-6-18(24)14-19/h2-8,14,17,21H,9-13,15H2,1H3. The molecule has 4 nitrogen and oxygen atoms in total. The first kappa shape index (κ1) is 20.5. The maximum Gasteiger partial charge on any atom is 0.228 e. The monoisotopic (exact) mass is 472 g/mol. The van der Waals surface area contributed by atoms with Crippen LogP contribution >= 0.6 is 27.7 Å². The van der Waals surface area contributed by atoms with Gasteiger partial charge >= 0.3 is 0 Å². The highest BCUT2D eigenvalue weighted by Crippen LogP contribution is 2.36. The molecule has 0 spiro atoms. The summed E-state index contributed by atoms with van der Waals surface area (Å²) in [5, 5.41) is 0.428. The van der Waals surface area contributed by atoms with Crippen LogP contribution in [0.2, 0.25) is 0 Å². The van der Waals surface area contributed by atoms with E-state index >= 15 is 0 Å². The van der Waals surface area contributed by atoms with E-state index in [1.54, 1.807) is 4.90 Å². The van der Waals surface area contributed by atoms with Crippen LogP contribution in [-0.4, -0.2) is 42.1 Å². The summed E-state index contributed by atoms with van der Waals surface area (Å²) in [7, 11) is 0. The molecule has 2 heterocycles. The molecule has 0 aliphatic carbocycles. The summed E-state index contributed by atoms with van der Waals surface area (Å²) in [6, 6.07) is 16.2. The lowest BCUT2D eigenvalue weighted by molar-refractivity contribution is -0.135. The van der Waals surface area contributed by atoms with Crippen molar-refractivity contribution in [3.63, 3.8) is 0 Å². The Morgan fingerprint density at radius 3 is 2.76 bits per heavy atom. The van der Waals surface area contributed by atoms with Crippen LogP contribution in [0.25, 0.3) is 0 Å². The van der Waals surface area contributed by atoms with Crippen LogP contribution < -0.4 is 4.90 Å². The van der Waals surface area contributed by atoms with Crippen molar-refractivity contribution in [2.45, 2.75) is 25.0 Å². The molecule has 0 aromatic heterocycles. The minimum absolute atomic E-state index is 0.0310. The largest absolute Gasteiger partial charge is 0.342 e. The van der Waals surface area contributed by atoms with Crippen molar-refractivity contribution in [2.75, 3.05) is 30.3 Å². The Hall–Kier alpha value is -1.79. The molecule has 2 aromatic carbocycles. The second-order valence-electron chi connectivity index (χ2n) is 7.72. The molecular formula is C23H25BrN2O2S. The number of aryl methyl sites for hydroxylation is 1. The Kier molecular flexibility index (Phi) is 6.30. The number of hydrogen-bond donors (Lipinski definition) is 0. The van der Waals surface area contributed by atoms with E-state index in [9.17, 15) is 9.59 Å². The Morgan fingerprint density at radius 1 is 1.14 bits per heavy atom. The van der Waals surface area contributed by atoms with Crippen LogP contribution in [0, 0.1) is 12.8 Å². The molecule has 2 aliphatic rings. The van der Waals surface area contributed by atoms with E-state index in [0.717, 1.165) is 35.4 Å². The lowest BCUT2D eigenvalue weighted by atomic mass is 10.0. The van der Waals surface area contributed by atoms with E-state index in [1.807, 2.05) is 40.9 Å². The van der Waals surface area contributed by atoms with E-state index < -0.39 is 0 Å². The molecule has 0 radical (unpaired) electrons. The van der Waals surface area contributed by atoms with Gasteiger partial charge in [0.05, 0.1) is 5.92 Å². The van der Waals surface area contributed by atoms with Gasteiger partial charge in [-0.05, 0) is 42.7 Å². The molecule has 2 fully saturated rings. The quantitative estimate of drug-likeness (QED) is 0.642. The normalized spacial score (nSPS) is 22.6. The molecular weight excluding hydrogens is 448 g/mol. The van der Waals surface area contributed by atoms with Crippen LogP contribution in [0.5, 0.6) is 0 Å². The summed E-state index contributed by atoms with van der Waals surface area (Å²) in [6.07, 6.45) is 1.26. The zero-order valence-corrected chi connectivity index (χ0v) is 18.9. The van der Waals surface area contributed by atoms with Gasteiger partial charge in [0.1, 0.15) is 0 Å². The minimum atomic E-state index is -0.249. The fraction of sp³-hybridized carbons (Fsp3) is 0.391. The van der Waals surface area contributed by atoms with Gasteiger partial charge in [0.15, 0.2) is 0 Å². The maximum absolute atomic E-state index is 13.2. The van der Waals surface area contributed by atoms with Crippen molar-refractivity contribution in [1.82, 2.24) is 4.90 Å². The first-order chi connectivity index (χ1) is 14.0. The van der Waals surface area contributed by atoms with Crippen molar-refractivity contribution >= 4 is 45.2 Å². The second kappa shape index (κ2) is 8.92. The molecule has 2 aromatic rings. The van der Waals surface area contributed by atoms with Gasteiger partial charge < -0.3 is 9.80 Å². The first-order valence-electron chi connectivity index (χ1n) is 10.0. The van der Waals surface area contributed by atoms with E-state index in [4.69, 9.17) is 0 Å². The Labute approximate surface area is 184 Å². The zero-order valence-electron chi connectivity index (χ0n) is 16.5. The average molecular weight is 473 g/mol. The van der Waals surface area contributed by atoms with Gasteiger partial charge in [0, 0.05) is 47.2 Å². The highest BCUT2D eigenvalue weighted by molar-refractivity contribution is 9.10. The molecule has 0 saturated carbocycles. The molecule has 2 amide bonds. The van der Waals surface area contributed by atoms with Crippen molar-refractivity contribution in [3.05, 3.63) is 64.1 Å². The van der Waals surface area contributed by atoms with Crippen LogP contribution in [-0.2, 0) is 9.59 Å². The molecule has 29 heavy (non-hydrogen) atoms. The SMILES string of the molecule is Cc1ccccc1C1CCN(C(=O)C2CC(=O)N(c3cccc(Br)c3)C2)CCS1. The van der Waals surface area contributed by atoms with Crippen molar-refractivity contribution in [3.8, 4) is 0 Å². The average Bonchev–Trinajstić information content (AvgIpc) is 2.94. The molecule has 6 heteroatoms. The van der Waals surface area contributed by atoms with Gasteiger partial charge in [-0.2, -0.15) is 11.8 Å². The van der Waals surface area contributed by atoms with Gasteiger partial charge in [0.2, 0.25) is 11.8 Å². The summed E-state index contributed by atoms with van der Waals surface area (Å²) in [4.78, 5) is 29.5. The fourth-order valence-corrected chi connectivity index (χ4v) is 5.93.